The third-order valence-electron chi connectivity index (χ3n) is 7.92. The van der Waals surface area contributed by atoms with E-state index in [1.54, 1.807) is 72.9 Å². The van der Waals surface area contributed by atoms with Gasteiger partial charge in [-0.15, -0.1) is 0 Å². The number of nitrogens with one attached hydrogen (secondary N) is 3. The van der Waals surface area contributed by atoms with Crippen LogP contribution in [-0.4, -0.2) is 62.8 Å². The van der Waals surface area contributed by atoms with Crippen LogP contribution in [0.25, 0.3) is 5.57 Å². The highest BCUT2D eigenvalue weighted by molar-refractivity contribution is 6.32. The van der Waals surface area contributed by atoms with Crippen LogP contribution >= 0.6 is 0 Å². The van der Waals surface area contributed by atoms with E-state index in [4.69, 9.17) is 4.74 Å². The molecule has 2 amide bonds. The van der Waals surface area contributed by atoms with Gasteiger partial charge < -0.3 is 30.5 Å². The standard InChI is InChI=1S/C35H33N5O4/c1-39-16-18-40(19-17-39)27-13-11-25(12-14-27)36-22-30-28-15-10-24(21-31(28)38-35(30)43)33(41)23-6-5-7-26(20-23)37-34(42)29-8-3-4-9-32(29)44-2/h3-15,20-22,36H,16-19H2,1-2H3,(H,37,42)(H,38,43). The van der Waals surface area contributed by atoms with E-state index < -0.39 is 0 Å². The highest BCUT2D eigenvalue weighted by atomic mass is 16.5. The Labute approximate surface area is 256 Å². The van der Waals surface area contributed by atoms with Crippen molar-refractivity contribution in [2.45, 2.75) is 0 Å². The zero-order valence-electron chi connectivity index (χ0n) is 24.6. The van der Waals surface area contributed by atoms with Crippen LogP contribution in [0, 0.1) is 0 Å². The molecule has 0 aromatic heterocycles. The Morgan fingerprint density at radius 2 is 1.59 bits per heavy atom. The zero-order chi connectivity index (χ0) is 30.6. The lowest BCUT2D eigenvalue weighted by Gasteiger charge is -2.34. The van der Waals surface area contributed by atoms with Crippen LogP contribution in [0.15, 0.2) is 97.2 Å². The fraction of sp³-hybridized carbons (Fsp3) is 0.171. The van der Waals surface area contributed by atoms with Crippen LogP contribution in [0.2, 0.25) is 0 Å². The van der Waals surface area contributed by atoms with Gasteiger partial charge in [0.25, 0.3) is 11.8 Å². The van der Waals surface area contributed by atoms with Crippen LogP contribution in [0.4, 0.5) is 22.7 Å². The van der Waals surface area contributed by atoms with Gasteiger partial charge in [0.2, 0.25) is 0 Å². The Kier molecular flexibility index (Phi) is 8.12. The molecule has 2 aliphatic rings. The number of carbonyl (C=O) groups excluding carboxylic acids is 3. The lowest BCUT2D eigenvalue weighted by Crippen LogP contribution is -2.44. The van der Waals surface area contributed by atoms with Crippen molar-refractivity contribution in [2.24, 2.45) is 0 Å². The summed E-state index contributed by atoms with van der Waals surface area (Å²) in [5, 5.41) is 8.95. The number of benzene rings is 4. The van der Waals surface area contributed by atoms with Crippen LogP contribution < -0.4 is 25.6 Å². The summed E-state index contributed by atoms with van der Waals surface area (Å²) in [7, 11) is 3.65. The summed E-state index contributed by atoms with van der Waals surface area (Å²) in [6, 6.07) is 27.0. The molecule has 4 aromatic carbocycles. The number of carbonyl (C=O) groups is 3. The first-order chi connectivity index (χ1) is 21.4. The van der Waals surface area contributed by atoms with E-state index in [-0.39, 0.29) is 17.6 Å². The molecule has 0 unspecified atom stereocenters. The highest BCUT2D eigenvalue weighted by Gasteiger charge is 2.25. The van der Waals surface area contributed by atoms with Crippen molar-refractivity contribution in [3.8, 4) is 5.75 Å². The molecule has 1 fully saturated rings. The third-order valence-corrected chi connectivity index (χ3v) is 7.92. The number of para-hydroxylation sites is 1. The summed E-state index contributed by atoms with van der Waals surface area (Å²) in [5.74, 6) is -0.356. The Hall–Kier alpha value is -5.41. The maximum Gasteiger partial charge on any atom is 0.259 e. The normalized spacial score (nSPS) is 15.5. The number of amides is 2. The SMILES string of the molecule is COc1ccccc1C(=O)Nc1cccc(C(=O)c2ccc3c(c2)NC(=O)C3=CNc2ccc(N3CCN(C)CC3)cc2)c1. The van der Waals surface area contributed by atoms with Crippen molar-refractivity contribution in [1.29, 1.82) is 0 Å². The molecule has 0 saturated carbocycles. The van der Waals surface area contributed by atoms with Gasteiger partial charge in [-0.05, 0) is 61.6 Å². The molecule has 9 nitrogen and oxygen atoms in total. The van der Waals surface area contributed by atoms with Crippen LogP contribution in [0.3, 0.4) is 0 Å². The van der Waals surface area contributed by atoms with E-state index in [0.717, 1.165) is 31.9 Å². The van der Waals surface area contributed by atoms with Crippen molar-refractivity contribution in [2.75, 3.05) is 61.2 Å². The second-order valence-corrected chi connectivity index (χ2v) is 10.8. The molecule has 0 radical (unpaired) electrons. The quantitative estimate of drug-likeness (QED) is 0.189. The second-order valence-electron chi connectivity index (χ2n) is 10.8. The monoisotopic (exact) mass is 587 g/mol. The maximum atomic E-state index is 13.4. The van der Waals surface area contributed by atoms with Gasteiger partial charge in [0.15, 0.2) is 5.78 Å². The molecular formula is C35H33N5O4. The molecule has 2 heterocycles. The van der Waals surface area contributed by atoms with E-state index in [9.17, 15) is 14.4 Å². The number of anilines is 4. The Balaban J connectivity index is 1.14. The smallest absolute Gasteiger partial charge is 0.259 e. The van der Waals surface area contributed by atoms with E-state index in [1.165, 1.54) is 12.8 Å². The molecule has 44 heavy (non-hydrogen) atoms. The number of nitrogens with zero attached hydrogens (tertiary/aromatic N) is 2. The Morgan fingerprint density at radius 1 is 0.841 bits per heavy atom. The van der Waals surface area contributed by atoms with Crippen LogP contribution in [0.1, 0.15) is 31.8 Å². The molecule has 222 valence electrons. The Bertz CT molecular complexity index is 1760. The number of methoxy groups -OCH3 is 1. The number of ether oxygens (including phenoxy) is 1. The molecule has 9 heteroatoms. The minimum absolute atomic E-state index is 0.230. The fourth-order valence-electron chi connectivity index (χ4n) is 5.40. The van der Waals surface area contributed by atoms with Gasteiger partial charge in [0.1, 0.15) is 5.75 Å². The lowest BCUT2D eigenvalue weighted by molar-refractivity contribution is -0.110. The van der Waals surface area contributed by atoms with E-state index in [0.29, 0.717) is 45.0 Å². The van der Waals surface area contributed by atoms with Gasteiger partial charge in [-0.1, -0.05) is 36.4 Å². The topological polar surface area (TPSA) is 103 Å². The largest absolute Gasteiger partial charge is 0.496 e. The molecule has 0 aliphatic carbocycles. The molecule has 0 bridgehead atoms. The predicted octanol–water partition coefficient (Wildman–Crippen LogP) is 5.34. The second kappa shape index (κ2) is 12.4. The Morgan fingerprint density at radius 3 is 2.36 bits per heavy atom. The fourth-order valence-corrected chi connectivity index (χ4v) is 5.40. The summed E-state index contributed by atoms with van der Waals surface area (Å²) in [5.41, 5.74) is 5.53. The first-order valence-corrected chi connectivity index (χ1v) is 14.4. The maximum absolute atomic E-state index is 13.4. The van der Waals surface area contributed by atoms with Gasteiger partial charge in [-0.3, -0.25) is 14.4 Å². The number of fused-ring (bicyclic) bond motifs is 1. The van der Waals surface area contributed by atoms with Gasteiger partial charge in [0.05, 0.1) is 18.2 Å². The van der Waals surface area contributed by atoms with Crippen molar-refractivity contribution < 1.29 is 19.1 Å². The summed E-state index contributed by atoms with van der Waals surface area (Å²) >= 11 is 0. The average molecular weight is 588 g/mol. The van der Waals surface area contributed by atoms with Gasteiger partial charge >= 0.3 is 0 Å². The van der Waals surface area contributed by atoms with Crippen molar-refractivity contribution >= 4 is 45.9 Å². The van der Waals surface area contributed by atoms with Gasteiger partial charge in [-0.25, -0.2) is 0 Å². The van der Waals surface area contributed by atoms with Crippen molar-refractivity contribution in [3.05, 3.63) is 119 Å². The molecule has 1 saturated heterocycles. The predicted molar refractivity (Wildman–Crippen MR) is 174 cm³/mol. The first-order valence-electron chi connectivity index (χ1n) is 14.4. The molecule has 6 rings (SSSR count). The van der Waals surface area contributed by atoms with Crippen LogP contribution in [-0.2, 0) is 4.79 Å². The summed E-state index contributed by atoms with van der Waals surface area (Å²) < 4.78 is 5.29. The number of hydrogen-bond acceptors (Lipinski definition) is 7. The molecular weight excluding hydrogens is 554 g/mol. The number of hydrogen-bond donors (Lipinski definition) is 3. The number of rotatable bonds is 8. The van der Waals surface area contributed by atoms with E-state index >= 15 is 0 Å². The average Bonchev–Trinajstić information content (AvgIpc) is 3.37. The van der Waals surface area contributed by atoms with Crippen molar-refractivity contribution in [1.82, 2.24) is 4.90 Å². The summed E-state index contributed by atoms with van der Waals surface area (Å²) in [6.07, 6.45) is 1.70. The van der Waals surface area contributed by atoms with E-state index in [1.807, 2.05) is 12.1 Å². The lowest BCUT2D eigenvalue weighted by atomic mass is 9.99. The molecule has 3 N–H and O–H groups in total. The minimum Gasteiger partial charge on any atom is -0.496 e. The van der Waals surface area contributed by atoms with E-state index in [2.05, 4.69) is 44.9 Å². The minimum atomic E-state index is -0.341. The molecule has 4 aromatic rings. The highest BCUT2D eigenvalue weighted by Crippen LogP contribution is 2.33. The molecule has 2 aliphatic heterocycles. The summed E-state index contributed by atoms with van der Waals surface area (Å²) in [6.45, 7) is 4.09. The van der Waals surface area contributed by atoms with Crippen molar-refractivity contribution in [3.63, 3.8) is 0 Å². The number of ketones is 1. The first kappa shape index (κ1) is 28.7. The van der Waals surface area contributed by atoms with Crippen LogP contribution in [0.5, 0.6) is 5.75 Å². The number of likely N-dealkylation sites (N-methyl/N-ethyl adjacent to an activating group) is 1. The zero-order valence-corrected chi connectivity index (χ0v) is 24.6. The van der Waals surface area contributed by atoms with Gasteiger partial charge in [0, 0.05) is 71.8 Å². The molecule has 0 atom stereocenters. The molecule has 0 spiro atoms. The van der Waals surface area contributed by atoms with Gasteiger partial charge in [-0.2, -0.15) is 0 Å². The number of piperazine rings is 1. The third kappa shape index (κ3) is 6.04. The summed E-state index contributed by atoms with van der Waals surface area (Å²) in [4.78, 5) is 43.8.